The maximum absolute atomic E-state index is 13.7. The van der Waals surface area contributed by atoms with Crippen LogP contribution in [0.1, 0.15) is 17.5 Å². The van der Waals surface area contributed by atoms with Crippen LogP contribution in [0.2, 0.25) is 0 Å². The molecule has 3 aromatic carbocycles. The van der Waals surface area contributed by atoms with E-state index in [4.69, 9.17) is 4.74 Å². The maximum Gasteiger partial charge on any atom is 0.267 e. The lowest BCUT2D eigenvalue weighted by Crippen LogP contribution is -2.50. The number of nitrogens with zero attached hydrogens (tertiary/aromatic N) is 1. The van der Waals surface area contributed by atoms with Crippen LogP contribution in [0.5, 0.6) is 5.75 Å². The van der Waals surface area contributed by atoms with Crippen LogP contribution in [-0.4, -0.2) is 14.7 Å². The summed E-state index contributed by atoms with van der Waals surface area (Å²) in [5, 5.41) is 0. The molecule has 1 aliphatic heterocycles. The van der Waals surface area contributed by atoms with E-state index < -0.39 is 15.7 Å². The van der Waals surface area contributed by atoms with Crippen molar-refractivity contribution < 1.29 is 17.9 Å². The summed E-state index contributed by atoms with van der Waals surface area (Å²) in [6.45, 7) is 1.89. The maximum atomic E-state index is 13.7. The van der Waals surface area contributed by atoms with Crippen LogP contribution >= 0.6 is 0 Å². The first-order valence-electron chi connectivity index (χ1n) is 8.88. The number of para-hydroxylation sites is 2. The van der Waals surface area contributed by atoms with Gasteiger partial charge >= 0.3 is 0 Å². The molecule has 1 atom stereocenters. The molecule has 142 valence electrons. The van der Waals surface area contributed by atoms with Crippen molar-refractivity contribution in [1.82, 2.24) is 0 Å². The summed E-state index contributed by atoms with van der Waals surface area (Å²) in [5.41, 5.74) is 0.484. The largest absolute Gasteiger partial charge is 0.460 e. The van der Waals surface area contributed by atoms with Gasteiger partial charge in [-0.25, -0.2) is 12.7 Å². The molecule has 0 aromatic heterocycles. The zero-order valence-corrected chi connectivity index (χ0v) is 16.1. The van der Waals surface area contributed by atoms with Gasteiger partial charge in [0.15, 0.2) is 0 Å². The molecule has 3 aromatic rings. The summed E-state index contributed by atoms with van der Waals surface area (Å²) < 4.78 is 34.8. The lowest BCUT2D eigenvalue weighted by atomic mass is 10.00. The molecule has 0 amide bonds. The van der Waals surface area contributed by atoms with Crippen LogP contribution in [0.15, 0.2) is 83.8 Å². The molecule has 5 nitrogen and oxygen atoms in total. The number of rotatable bonds is 5. The first kappa shape index (κ1) is 18.3. The molecule has 0 saturated heterocycles. The molecular formula is C22H19NO4S. The van der Waals surface area contributed by atoms with Gasteiger partial charge in [-0.1, -0.05) is 60.2 Å². The Hall–Kier alpha value is -3.12. The van der Waals surface area contributed by atoms with Crippen LogP contribution < -0.4 is 9.04 Å². The van der Waals surface area contributed by atoms with Gasteiger partial charge in [0.25, 0.3) is 10.0 Å². The fraction of sp³-hybridized carbons (Fsp3) is 0.136. The molecule has 1 unspecified atom stereocenters. The summed E-state index contributed by atoms with van der Waals surface area (Å²) in [6, 6.07) is 22.5. The van der Waals surface area contributed by atoms with Gasteiger partial charge in [-0.2, -0.15) is 0 Å². The van der Waals surface area contributed by atoms with Gasteiger partial charge in [-0.3, -0.25) is 0 Å². The van der Waals surface area contributed by atoms with Crippen LogP contribution in [0.4, 0.5) is 5.69 Å². The average molecular weight is 393 g/mol. The van der Waals surface area contributed by atoms with Gasteiger partial charge in [0, 0.05) is 5.56 Å². The number of aldehydes is 1. The molecule has 6 heteroatoms. The Kier molecular flexibility index (Phi) is 4.43. The normalized spacial score (nSPS) is 18.4. The Morgan fingerprint density at radius 3 is 2.25 bits per heavy atom. The van der Waals surface area contributed by atoms with Crippen molar-refractivity contribution in [2.75, 3.05) is 4.31 Å². The summed E-state index contributed by atoms with van der Waals surface area (Å²) >= 11 is 0. The molecule has 0 spiro atoms. The van der Waals surface area contributed by atoms with E-state index in [0.29, 0.717) is 23.3 Å². The molecule has 4 rings (SSSR count). The predicted octanol–water partition coefficient (Wildman–Crippen LogP) is 4.02. The molecule has 0 radical (unpaired) electrons. The van der Waals surface area contributed by atoms with Gasteiger partial charge in [-0.05, 0) is 31.2 Å². The molecule has 0 saturated carbocycles. The van der Waals surface area contributed by atoms with Crippen LogP contribution in [-0.2, 0) is 20.5 Å². The Morgan fingerprint density at radius 1 is 0.929 bits per heavy atom. The number of sulfonamides is 1. The SMILES string of the molecule is Cc1ccc(S(=O)(=O)N2c3ccccc3OC2(CC=O)c2ccccc2)cc1. The van der Waals surface area contributed by atoms with Crippen molar-refractivity contribution in [3.05, 3.63) is 90.0 Å². The number of hydrogen-bond acceptors (Lipinski definition) is 4. The van der Waals surface area contributed by atoms with E-state index in [9.17, 15) is 13.2 Å². The molecule has 0 fully saturated rings. The van der Waals surface area contributed by atoms with Crippen molar-refractivity contribution in [2.45, 2.75) is 24.0 Å². The van der Waals surface area contributed by atoms with Gasteiger partial charge < -0.3 is 9.53 Å². The van der Waals surface area contributed by atoms with Crippen molar-refractivity contribution in [3.8, 4) is 5.75 Å². The highest BCUT2D eigenvalue weighted by molar-refractivity contribution is 7.93. The number of carbonyl (C=O) groups excluding carboxylic acids is 1. The average Bonchev–Trinajstić information content (AvgIpc) is 3.05. The summed E-state index contributed by atoms with van der Waals surface area (Å²) in [6.07, 6.45) is 0.549. The number of hydrogen-bond donors (Lipinski definition) is 0. The van der Waals surface area contributed by atoms with E-state index in [-0.39, 0.29) is 11.3 Å². The molecule has 0 N–H and O–H groups in total. The zero-order chi connectivity index (χ0) is 19.8. The molecular weight excluding hydrogens is 374 g/mol. The Morgan fingerprint density at radius 2 is 1.57 bits per heavy atom. The van der Waals surface area contributed by atoms with Crippen molar-refractivity contribution >= 4 is 22.0 Å². The fourth-order valence-corrected chi connectivity index (χ4v) is 5.20. The monoisotopic (exact) mass is 393 g/mol. The lowest BCUT2D eigenvalue weighted by Gasteiger charge is -2.36. The molecule has 1 heterocycles. The van der Waals surface area contributed by atoms with E-state index >= 15 is 0 Å². The van der Waals surface area contributed by atoms with Gasteiger partial charge in [-0.15, -0.1) is 0 Å². The summed E-state index contributed by atoms with van der Waals surface area (Å²) in [5.74, 6) is 0.420. The number of anilines is 1. The van der Waals surface area contributed by atoms with Crippen molar-refractivity contribution in [2.24, 2.45) is 0 Å². The number of aryl methyl sites for hydroxylation is 1. The summed E-state index contributed by atoms with van der Waals surface area (Å²) in [4.78, 5) is 11.8. The number of fused-ring (bicyclic) bond motifs is 1. The van der Waals surface area contributed by atoms with Crippen molar-refractivity contribution in [3.63, 3.8) is 0 Å². The topological polar surface area (TPSA) is 63.7 Å². The Labute approximate surface area is 164 Å². The molecule has 1 aliphatic rings. The smallest absolute Gasteiger partial charge is 0.267 e. The Balaban J connectivity index is 1.99. The third-order valence-corrected chi connectivity index (χ3v) is 6.68. The third kappa shape index (κ3) is 2.77. The third-order valence-electron chi connectivity index (χ3n) is 4.84. The van der Waals surface area contributed by atoms with E-state index in [2.05, 4.69) is 0 Å². The number of carbonyl (C=O) groups is 1. The minimum absolute atomic E-state index is 0.142. The number of benzene rings is 3. The second-order valence-corrected chi connectivity index (χ2v) is 8.46. The quantitative estimate of drug-likeness (QED) is 0.614. The van der Waals surface area contributed by atoms with Gasteiger partial charge in [0.1, 0.15) is 12.0 Å². The molecule has 28 heavy (non-hydrogen) atoms. The van der Waals surface area contributed by atoms with E-state index in [1.165, 1.54) is 4.31 Å². The first-order chi connectivity index (χ1) is 13.5. The predicted molar refractivity (Wildman–Crippen MR) is 107 cm³/mol. The highest BCUT2D eigenvalue weighted by Crippen LogP contribution is 2.51. The first-order valence-corrected chi connectivity index (χ1v) is 10.3. The van der Waals surface area contributed by atoms with Gasteiger partial charge in [0.2, 0.25) is 5.72 Å². The second-order valence-electron chi connectivity index (χ2n) is 6.67. The van der Waals surface area contributed by atoms with Crippen LogP contribution in [0, 0.1) is 6.92 Å². The highest BCUT2D eigenvalue weighted by atomic mass is 32.2. The van der Waals surface area contributed by atoms with Crippen molar-refractivity contribution in [1.29, 1.82) is 0 Å². The minimum Gasteiger partial charge on any atom is -0.460 e. The van der Waals surface area contributed by atoms with E-state index in [0.717, 1.165) is 5.56 Å². The van der Waals surface area contributed by atoms with Crippen LogP contribution in [0.25, 0.3) is 0 Å². The van der Waals surface area contributed by atoms with E-state index in [1.54, 1.807) is 72.8 Å². The lowest BCUT2D eigenvalue weighted by molar-refractivity contribution is -0.111. The zero-order valence-electron chi connectivity index (χ0n) is 15.3. The highest BCUT2D eigenvalue weighted by Gasteiger charge is 2.53. The standard InChI is InChI=1S/C22H19NO4S/c1-17-11-13-19(14-12-17)28(25,26)23-20-9-5-6-10-21(20)27-22(23,15-16-24)18-7-3-2-4-8-18/h2-14,16H,15H2,1H3. The second kappa shape index (κ2) is 6.80. The summed E-state index contributed by atoms with van der Waals surface area (Å²) in [7, 11) is -4.00. The Bertz CT molecular complexity index is 1110. The van der Waals surface area contributed by atoms with Gasteiger partial charge in [0.05, 0.1) is 17.0 Å². The minimum atomic E-state index is -4.00. The van der Waals surface area contributed by atoms with E-state index in [1.807, 2.05) is 13.0 Å². The molecule has 0 bridgehead atoms. The molecule has 0 aliphatic carbocycles. The van der Waals surface area contributed by atoms with Crippen LogP contribution in [0.3, 0.4) is 0 Å². The number of ether oxygens (including phenoxy) is 1. The fourth-order valence-electron chi connectivity index (χ4n) is 3.50.